The summed E-state index contributed by atoms with van der Waals surface area (Å²) in [6, 6.07) is 6.55. The first-order chi connectivity index (χ1) is 7.58. The molecule has 86 valence electrons. The minimum atomic E-state index is -0.725. The van der Waals surface area contributed by atoms with Gasteiger partial charge in [0.1, 0.15) is 0 Å². The number of nitrogens with one attached hydrogen (secondary N) is 1. The standard InChI is InChI=1S/C13H17NO2/c1-8(13(15)16)6-10-4-3-5-12-11(10)7-9(2)14-12/h3-5,8-9,14H,6-7H2,1-2H3,(H,15,16). The maximum Gasteiger partial charge on any atom is 0.306 e. The van der Waals surface area contributed by atoms with Crippen LogP contribution in [0.5, 0.6) is 0 Å². The average molecular weight is 219 g/mol. The number of fused-ring (bicyclic) bond motifs is 1. The quantitative estimate of drug-likeness (QED) is 0.820. The summed E-state index contributed by atoms with van der Waals surface area (Å²) in [6.07, 6.45) is 1.62. The minimum Gasteiger partial charge on any atom is -0.481 e. The lowest BCUT2D eigenvalue weighted by atomic mass is 9.95. The smallest absolute Gasteiger partial charge is 0.306 e. The van der Waals surface area contributed by atoms with Crippen LogP contribution >= 0.6 is 0 Å². The van der Waals surface area contributed by atoms with Crippen LogP contribution in [0.15, 0.2) is 18.2 Å². The van der Waals surface area contributed by atoms with E-state index in [4.69, 9.17) is 5.11 Å². The number of rotatable bonds is 3. The van der Waals surface area contributed by atoms with E-state index in [2.05, 4.69) is 18.3 Å². The molecule has 3 heteroatoms. The van der Waals surface area contributed by atoms with E-state index >= 15 is 0 Å². The lowest BCUT2D eigenvalue weighted by molar-refractivity contribution is -0.141. The van der Waals surface area contributed by atoms with Gasteiger partial charge < -0.3 is 10.4 Å². The molecule has 0 spiro atoms. The van der Waals surface area contributed by atoms with Crippen LogP contribution in [0.1, 0.15) is 25.0 Å². The molecule has 2 rings (SSSR count). The summed E-state index contributed by atoms with van der Waals surface area (Å²) in [4.78, 5) is 10.9. The van der Waals surface area contributed by atoms with Crippen LogP contribution in [0.3, 0.4) is 0 Å². The normalized spacial score (nSPS) is 20.0. The second-order valence-electron chi connectivity index (χ2n) is 4.64. The van der Waals surface area contributed by atoms with E-state index in [1.165, 1.54) is 16.8 Å². The number of carbonyl (C=O) groups is 1. The molecule has 16 heavy (non-hydrogen) atoms. The summed E-state index contributed by atoms with van der Waals surface area (Å²) in [6.45, 7) is 3.90. The summed E-state index contributed by atoms with van der Waals surface area (Å²) >= 11 is 0. The maximum atomic E-state index is 10.9. The van der Waals surface area contributed by atoms with Gasteiger partial charge in [-0.15, -0.1) is 0 Å². The van der Waals surface area contributed by atoms with Gasteiger partial charge >= 0.3 is 5.97 Å². The highest BCUT2D eigenvalue weighted by Gasteiger charge is 2.21. The van der Waals surface area contributed by atoms with E-state index in [0.29, 0.717) is 12.5 Å². The van der Waals surface area contributed by atoms with Gasteiger partial charge in [0.2, 0.25) is 0 Å². The monoisotopic (exact) mass is 219 g/mol. The van der Waals surface area contributed by atoms with Crippen molar-refractivity contribution in [1.82, 2.24) is 0 Å². The summed E-state index contributed by atoms with van der Waals surface area (Å²) in [5.41, 5.74) is 3.63. The second-order valence-corrected chi connectivity index (χ2v) is 4.64. The van der Waals surface area contributed by atoms with Crippen molar-refractivity contribution in [3.05, 3.63) is 29.3 Å². The Morgan fingerprint density at radius 1 is 1.62 bits per heavy atom. The van der Waals surface area contributed by atoms with Crippen LogP contribution in [0.25, 0.3) is 0 Å². The second kappa shape index (κ2) is 4.16. The predicted molar refractivity (Wildman–Crippen MR) is 63.7 cm³/mol. The third-order valence-corrected chi connectivity index (χ3v) is 3.13. The highest BCUT2D eigenvalue weighted by atomic mass is 16.4. The Labute approximate surface area is 95.5 Å². The highest BCUT2D eigenvalue weighted by molar-refractivity contribution is 5.70. The Bertz CT molecular complexity index is 414. The van der Waals surface area contributed by atoms with Gasteiger partial charge in [-0.2, -0.15) is 0 Å². The van der Waals surface area contributed by atoms with Crippen molar-refractivity contribution in [1.29, 1.82) is 0 Å². The molecule has 1 aromatic carbocycles. The number of carboxylic acid groups (broad SMARTS) is 1. The number of carboxylic acids is 1. The number of aliphatic carboxylic acids is 1. The molecule has 0 bridgehead atoms. The Kier molecular flexibility index (Phi) is 2.86. The maximum absolute atomic E-state index is 10.9. The lowest BCUT2D eigenvalue weighted by Gasteiger charge is -2.10. The molecular weight excluding hydrogens is 202 g/mol. The van der Waals surface area contributed by atoms with Gasteiger partial charge in [0, 0.05) is 11.7 Å². The molecule has 1 aromatic rings. The molecule has 0 amide bonds. The molecule has 1 aliphatic heterocycles. The zero-order valence-corrected chi connectivity index (χ0v) is 9.66. The molecule has 3 nitrogen and oxygen atoms in total. The first-order valence-corrected chi connectivity index (χ1v) is 5.68. The fourth-order valence-corrected chi connectivity index (χ4v) is 2.24. The van der Waals surface area contributed by atoms with Crippen LogP contribution in [0.4, 0.5) is 5.69 Å². The van der Waals surface area contributed by atoms with E-state index in [0.717, 1.165) is 6.42 Å². The van der Waals surface area contributed by atoms with Gasteiger partial charge in [-0.25, -0.2) is 0 Å². The van der Waals surface area contributed by atoms with Crippen molar-refractivity contribution in [3.63, 3.8) is 0 Å². The molecule has 0 radical (unpaired) electrons. The molecular formula is C13H17NO2. The van der Waals surface area contributed by atoms with E-state index in [9.17, 15) is 4.79 Å². The fourth-order valence-electron chi connectivity index (χ4n) is 2.24. The number of anilines is 1. The Morgan fingerprint density at radius 2 is 2.38 bits per heavy atom. The van der Waals surface area contributed by atoms with Crippen molar-refractivity contribution < 1.29 is 9.90 Å². The summed E-state index contributed by atoms with van der Waals surface area (Å²) in [5, 5.41) is 12.3. The van der Waals surface area contributed by atoms with Crippen LogP contribution in [0.2, 0.25) is 0 Å². The van der Waals surface area contributed by atoms with E-state index in [1.807, 2.05) is 12.1 Å². The fraction of sp³-hybridized carbons (Fsp3) is 0.462. The zero-order valence-electron chi connectivity index (χ0n) is 9.66. The van der Waals surface area contributed by atoms with E-state index in [1.54, 1.807) is 6.92 Å². The zero-order chi connectivity index (χ0) is 11.7. The molecule has 2 N–H and O–H groups in total. The van der Waals surface area contributed by atoms with Crippen LogP contribution < -0.4 is 5.32 Å². The van der Waals surface area contributed by atoms with E-state index < -0.39 is 5.97 Å². The predicted octanol–water partition coefficient (Wildman–Crippen LogP) is 2.31. The van der Waals surface area contributed by atoms with Gasteiger partial charge in [-0.3, -0.25) is 4.79 Å². The molecule has 0 aliphatic carbocycles. The van der Waals surface area contributed by atoms with Gasteiger partial charge in [0.05, 0.1) is 5.92 Å². The van der Waals surface area contributed by atoms with Gasteiger partial charge in [-0.05, 0) is 37.0 Å². The Hall–Kier alpha value is -1.51. The summed E-state index contributed by atoms with van der Waals surface area (Å²) in [5.74, 6) is -1.04. The number of benzene rings is 1. The first kappa shape index (κ1) is 11.0. The molecule has 2 atom stereocenters. The number of hydrogen-bond acceptors (Lipinski definition) is 2. The first-order valence-electron chi connectivity index (χ1n) is 5.68. The third kappa shape index (κ3) is 2.03. The largest absolute Gasteiger partial charge is 0.481 e. The van der Waals surface area contributed by atoms with Crippen LogP contribution in [-0.4, -0.2) is 17.1 Å². The van der Waals surface area contributed by atoms with Crippen LogP contribution in [-0.2, 0) is 17.6 Å². The summed E-state index contributed by atoms with van der Waals surface area (Å²) in [7, 11) is 0. The molecule has 0 aromatic heterocycles. The summed E-state index contributed by atoms with van der Waals surface area (Å²) < 4.78 is 0. The van der Waals surface area contributed by atoms with Crippen LogP contribution in [0, 0.1) is 5.92 Å². The average Bonchev–Trinajstić information content (AvgIpc) is 2.59. The van der Waals surface area contributed by atoms with Crippen molar-refractivity contribution in [2.45, 2.75) is 32.7 Å². The SMILES string of the molecule is CC1Cc2c(CC(C)C(=O)O)cccc2N1. The third-order valence-electron chi connectivity index (χ3n) is 3.13. The Morgan fingerprint density at radius 3 is 3.06 bits per heavy atom. The van der Waals surface area contributed by atoms with Crippen molar-refractivity contribution >= 4 is 11.7 Å². The number of hydrogen-bond donors (Lipinski definition) is 2. The molecule has 0 fully saturated rings. The molecule has 1 heterocycles. The highest BCUT2D eigenvalue weighted by Crippen LogP contribution is 2.29. The Balaban J connectivity index is 2.23. The van der Waals surface area contributed by atoms with Gasteiger partial charge in [-0.1, -0.05) is 19.1 Å². The molecule has 2 unspecified atom stereocenters. The topological polar surface area (TPSA) is 49.3 Å². The lowest BCUT2D eigenvalue weighted by Crippen LogP contribution is -2.13. The van der Waals surface area contributed by atoms with Crippen molar-refractivity contribution in [2.75, 3.05) is 5.32 Å². The van der Waals surface area contributed by atoms with Gasteiger partial charge in [0.25, 0.3) is 0 Å². The molecule has 0 saturated carbocycles. The molecule has 1 aliphatic rings. The molecule has 0 saturated heterocycles. The minimum absolute atomic E-state index is 0.317. The van der Waals surface area contributed by atoms with Gasteiger partial charge in [0.15, 0.2) is 0 Å². The van der Waals surface area contributed by atoms with Crippen molar-refractivity contribution in [3.8, 4) is 0 Å². The van der Waals surface area contributed by atoms with E-state index in [-0.39, 0.29) is 5.92 Å². The van der Waals surface area contributed by atoms with Crippen molar-refractivity contribution in [2.24, 2.45) is 5.92 Å².